The Hall–Kier alpha value is -2.45. The molecule has 13 heteroatoms. The maximum Gasteiger partial charge on any atom is 0.227 e. The number of nitrogens with zero attached hydrogens (tertiary/aromatic N) is 7. The lowest BCUT2D eigenvalue weighted by Crippen LogP contribution is -2.47. The van der Waals surface area contributed by atoms with E-state index in [1.807, 2.05) is 0 Å². The molecule has 2 bridgehead atoms. The fourth-order valence-electron chi connectivity index (χ4n) is 5.25. The zero-order valence-corrected chi connectivity index (χ0v) is 21.1. The molecule has 0 aliphatic carbocycles. The lowest BCUT2D eigenvalue weighted by atomic mass is 10.1. The van der Waals surface area contributed by atoms with Crippen LogP contribution < -0.4 is 10.6 Å². The lowest BCUT2D eigenvalue weighted by Gasteiger charge is -2.35. The molecule has 2 unspecified atom stereocenters. The van der Waals surface area contributed by atoms with Gasteiger partial charge in [0.25, 0.3) is 0 Å². The van der Waals surface area contributed by atoms with Crippen molar-refractivity contribution < 1.29 is 13.2 Å². The monoisotopic (exact) mass is 516 g/mol. The Morgan fingerprint density at radius 3 is 2.43 bits per heavy atom. The van der Waals surface area contributed by atoms with Gasteiger partial charge in [-0.25, -0.2) is 28.4 Å². The summed E-state index contributed by atoms with van der Waals surface area (Å²) in [7, 11) is -3.16. The van der Waals surface area contributed by atoms with Crippen molar-refractivity contribution in [3.8, 4) is 11.3 Å². The van der Waals surface area contributed by atoms with Gasteiger partial charge in [0.1, 0.15) is 0 Å². The summed E-state index contributed by atoms with van der Waals surface area (Å²) in [5, 5.41) is 2.14. The van der Waals surface area contributed by atoms with Crippen LogP contribution in [0.25, 0.3) is 21.5 Å². The quantitative estimate of drug-likeness (QED) is 0.527. The van der Waals surface area contributed by atoms with Crippen LogP contribution in [0, 0.1) is 0 Å². The van der Waals surface area contributed by atoms with E-state index in [1.54, 1.807) is 28.0 Å². The molecule has 11 nitrogen and oxygen atoms in total. The Bertz CT molecular complexity index is 1320. The summed E-state index contributed by atoms with van der Waals surface area (Å²) in [5.74, 6) is 0.951. The summed E-state index contributed by atoms with van der Waals surface area (Å²) < 4.78 is 32.1. The predicted octanol–water partition coefficient (Wildman–Crippen LogP) is 1.18. The first-order valence-corrected chi connectivity index (χ1v) is 14.5. The molecule has 2 N–H and O–H groups in total. The molecule has 3 fully saturated rings. The summed E-state index contributed by atoms with van der Waals surface area (Å²) >= 11 is 1.62. The SMILES string of the molecule is CS(=O)(=O)N1CCN(Cc2csc3c(-c4cnc(N)nc4)nc(N4C5CCC4COC5)nc23)CC1. The molecule has 3 aliphatic heterocycles. The first-order valence-electron chi connectivity index (χ1n) is 11.8. The topological polar surface area (TPSA) is 131 Å². The minimum Gasteiger partial charge on any atom is -0.377 e. The van der Waals surface area contributed by atoms with Crippen LogP contribution in [0.15, 0.2) is 17.8 Å². The van der Waals surface area contributed by atoms with Crippen LogP contribution >= 0.6 is 11.3 Å². The van der Waals surface area contributed by atoms with Crippen molar-refractivity contribution in [3.63, 3.8) is 0 Å². The van der Waals surface area contributed by atoms with Crippen LogP contribution in [0.5, 0.6) is 0 Å². The minimum atomic E-state index is -3.16. The van der Waals surface area contributed by atoms with E-state index in [9.17, 15) is 8.42 Å². The van der Waals surface area contributed by atoms with Crippen molar-refractivity contribution >= 4 is 43.5 Å². The number of anilines is 2. The zero-order chi connectivity index (χ0) is 24.2. The van der Waals surface area contributed by atoms with Crippen molar-refractivity contribution in [1.82, 2.24) is 29.1 Å². The van der Waals surface area contributed by atoms with Gasteiger partial charge in [0.2, 0.25) is 21.9 Å². The lowest BCUT2D eigenvalue weighted by molar-refractivity contribution is 0.0898. The van der Waals surface area contributed by atoms with Crippen molar-refractivity contribution in [2.24, 2.45) is 0 Å². The van der Waals surface area contributed by atoms with E-state index in [1.165, 1.54) is 6.26 Å². The number of ether oxygens (including phenoxy) is 1. The Balaban J connectivity index is 1.37. The number of hydrogen-bond acceptors (Lipinski definition) is 11. The normalized spacial score (nSPS) is 23.9. The molecule has 6 heterocycles. The Morgan fingerprint density at radius 1 is 1.09 bits per heavy atom. The molecular formula is C22H28N8O3S2. The largest absolute Gasteiger partial charge is 0.377 e. The van der Waals surface area contributed by atoms with Crippen molar-refractivity contribution in [2.75, 3.05) is 56.3 Å². The molecule has 0 spiro atoms. The number of hydrogen-bond donors (Lipinski definition) is 1. The van der Waals surface area contributed by atoms with Crippen LogP contribution in [0.4, 0.5) is 11.9 Å². The second-order valence-corrected chi connectivity index (χ2v) is 12.3. The number of piperazine rings is 1. The van der Waals surface area contributed by atoms with Gasteiger partial charge in [-0.05, 0) is 18.2 Å². The predicted molar refractivity (Wildman–Crippen MR) is 135 cm³/mol. The number of fused-ring (bicyclic) bond motifs is 3. The third-order valence-electron chi connectivity index (χ3n) is 7.09. The Morgan fingerprint density at radius 2 is 1.77 bits per heavy atom. The van der Waals surface area contributed by atoms with Gasteiger partial charge in [-0.2, -0.15) is 4.31 Å². The maximum absolute atomic E-state index is 11.9. The third-order valence-corrected chi connectivity index (χ3v) is 9.42. The van der Waals surface area contributed by atoms with Crippen LogP contribution in [-0.2, 0) is 21.3 Å². The van der Waals surface area contributed by atoms with E-state index in [2.05, 4.69) is 25.1 Å². The maximum atomic E-state index is 11.9. The summed E-state index contributed by atoms with van der Waals surface area (Å²) in [6.07, 6.45) is 6.85. The molecule has 35 heavy (non-hydrogen) atoms. The van der Waals surface area contributed by atoms with E-state index >= 15 is 0 Å². The van der Waals surface area contributed by atoms with E-state index in [4.69, 9.17) is 20.4 Å². The molecular weight excluding hydrogens is 488 g/mol. The molecule has 0 saturated carbocycles. The number of morpholine rings is 1. The van der Waals surface area contributed by atoms with Gasteiger partial charge in [0.05, 0.1) is 47.5 Å². The molecule has 0 amide bonds. The third kappa shape index (κ3) is 4.35. The van der Waals surface area contributed by atoms with Gasteiger partial charge < -0.3 is 15.4 Å². The average molecular weight is 517 g/mol. The summed E-state index contributed by atoms with van der Waals surface area (Å²) in [6.45, 7) is 4.49. The van der Waals surface area contributed by atoms with Gasteiger partial charge in [-0.3, -0.25) is 4.90 Å². The number of thiophene rings is 1. The fraction of sp³-hybridized carbons (Fsp3) is 0.545. The number of aromatic nitrogens is 4. The van der Waals surface area contributed by atoms with Crippen LogP contribution in [0.2, 0.25) is 0 Å². The standard InChI is InChI=1S/C22H28N8O3S2/c1-35(31,32)29-6-4-28(5-7-29)10-15-13-34-20-18(14-8-24-21(23)25-9-14)26-22(27-19(15)20)30-16-2-3-17(30)12-33-11-16/h8-9,13,16-17H,2-7,10-12H2,1H3,(H2,23,24,25). The fourth-order valence-corrected chi connectivity index (χ4v) is 7.09. The number of nitrogen functional groups attached to an aromatic ring is 1. The summed E-state index contributed by atoms with van der Waals surface area (Å²) in [4.78, 5) is 23.1. The molecule has 6 rings (SSSR count). The first kappa shape index (κ1) is 23.0. The molecule has 3 aromatic heterocycles. The van der Waals surface area contributed by atoms with Crippen molar-refractivity contribution in [1.29, 1.82) is 0 Å². The van der Waals surface area contributed by atoms with Gasteiger partial charge in [0.15, 0.2) is 0 Å². The molecule has 0 radical (unpaired) electrons. The van der Waals surface area contributed by atoms with E-state index in [0.717, 1.165) is 45.8 Å². The van der Waals surface area contributed by atoms with Gasteiger partial charge in [0, 0.05) is 56.2 Å². The van der Waals surface area contributed by atoms with E-state index in [0.29, 0.717) is 45.9 Å². The molecule has 3 aliphatic rings. The highest BCUT2D eigenvalue weighted by atomic mass is 32.2. The first-order chi connectivity index (χ1) is 16.9. The second-order valence-electron chi connectivity index (χ2n) is 9.41. The zero-order valence-electron chi connectivity index (χ0n) is 19.5. The van der Waals surface area contributed by atoms with E-state index in [-0.39, 0.29) is 18.0 Å². The number of rotatable bonds is 5. The molecule has 3 aromatic rings. The highest BCUT2D eigenvalue weighted by Crippen LogP contribution is 2.38. The highest BCUT2D eigenvalue weighted by molar-refractivity contribution is 7.88. The molecule has 186 valence electrons. The average Bonchev–Trinajstić information content (AvgIpc) is 3.35. The molecule has 3 saturated heterocycles. The smallest absolute Gasteiger partial charge is 0.227 e. The van der Waals surface area contributed by atoms with E-state index < -0.39 is 10.0 Å². The van der Waals surface area contributed by atoms with Crippen LogP contribution in [0.3, 0.4) is 0 Å². The van der Waals surface area contributed by atoms with Gasteiger partial charge in [-0.15, -0.1) is 11.3 Å². The Kier molecular flexibility index (Phi) is 5.84. The second kappa shape index (κ2) is 8.89. The molecule has 0 aromatic carbocycles. The summed E-state index contributed by atoms with van der Waals surface area (Å²) in [6, 6.07) is 0.570. The number of sulfonamides is 1. The number of nitrogens with two attached hydrogens (primary N) is 1. The molecule has 2 atom stereocenters. The van der Waals surface area contributed by atoms with Gasteiger partial charge in [-0.1, -0.05) is 0 Å². The van der Waals surface area contributed by atoms with Gasteiger partial charge >= 0.3 is 0 Å². The Labute approximate surface area is 208 Å². The van der Waals surface area contributed by atoms with Crippen LogP contribution in [-0.4, -0.2) is 95.3 Å². The van der Waals surface area contributed by atoms with Crippen LogP contribution in [0.1, 0.15) is 18.4 Å². The summed E-state index contributed by atoms with van der Waals surface area (Å²) in [5.41, 5.74) is 9.41. The highest BCUT2D eigenvalue weighted by Gasteiger charge is 2.39. The van der Waals surface area contributed by atoms with Crippen molar-refractivity contribution in [2.45, 2.75) is 31.5 Å². The van der Waals surface area contributed by atoms with Crippen molar-refractivity contribution in [3.05, 3.63) is 23.3 Å². The minimum absolute atomic E-state index is 0.227.